The molecule has 3 nitrogen and oxygen atoms in total. The van der Waals surface area contributed by atoms with Gasteiger partial charge in [0.2, 0.25) is 0 Å². The van der Waals surface area contributed by atoms with Gasteiger partial charge in [0.1, 0.15) is 5.76 Å². The van der Waals surface area contributed by atoms with E-state index in [1.165, 1.54) is 0 Å². The summed E-state index contributed by atoms with van der Waals surface area (Å²) in [4.78, 5) is 0. The van der Waals surface area contributed by atoms with Crippen molar-refractivity contribution < 1.29 is 9.52 Å². The average Bonchev–Trinajstić information content (AvgIpc) is 2.37. The van der Waals surface area contributed by atoms with Gasteiger partial charge in [0.25, 0.3) is 0 Å². The first-order valence-corrected chi connectivity index (χ1v) is 3.76. The first kappa shape index (κ1) is 8.59. The van der Waals surface area contributed by atoms with Gasteiger partial charge in [-0.1, -0.05) is 0 Å². The zero-order valence-corrected chi connectivity index (χ0v) is 6.77. The normalized spacial score (nSPS) is 10.4. The molecular formula is C7H10ClNO2. The molecule has 1 heterocycles. The van der Waals surface area contributed by atoms with Crippen LogP contribution in [-0.2, 0) is 6.54 Å². The first-order chi connectivity index (χ1) is 5.33. The van der Waals surface area contributed by atoms with Crippen molar-refractivity contribution in [3.63, 3.8) is 0 Å². The molecule has 1 rings (SSSR count). The van der Waals surface area contributed by atoms with Crippen LogP contribution in [0.15, 0.2) is 16.5 Å². The van der Waals surface area contributed by atoms with Crippen LogP contribution < -0.4 is 5.32 Å². The minimum Gasteiger partial charge on any atom is -0.448 e. The molecule has 0 bridgehead atoms. The Hall–Kier alpha value is -0.510. The molecule has 0 amide bonds. The van der Waals surface area contributed by atoms with Crippen molar-refractivity contribution in [3.8, 4) is 0 Å². The van der Waals surface area contributed by atoms with Crippen LogP contribution in [0, 0.1) is 0 Å². The van der Waals surface area contributed by atoms with Gasteiger partial charge in [0.15, 0.2) is 5.22 Å². The predicted molar refractivity (Wildman–Crippen MR) is 42.5 cm³/mol. The van der Waals surface area contributed by atoms with Gasteiger partial charge in [0, 0.05) is 6.54 Å². The smallest absolute Gasteiger partial charge is 0.193 e. The molecule has 0 spiro atoms. The second-order valence-corrected chi connectivity index (χ2v) is 2.48. The molecule has 0 unspecified atom stereocenters. The predicted octanol–water partition coefficient (Wildman–Crippen LogP) is 1.01. The van der Waals surface area contributed by atoms with Crippen LogP contribution in [0.5, 0.6) is 0 Å². The van der Waals surface area contributed by atoms with Gasteiger partial charge in [-0.05, 0) is 23.7 Å². The third-order valence-electron chi connectivity index (χ3n) is 1.22. The highest BCUT2D eigenvalue weighted by Gasteiger charge is 1.97. The lowest BCUT2D eigenvalue weighted by atomic mass is 10.4. The molecule has 0 saturated carbocycles. The molecule has 2 N–H and O–H groups in total. The van der Waals surface area contributed by atoms with Crippen molar-refractivity contribution in [1.29, 1.82) is 0 Å². The van der Waals surface area contributed by atoms with Gasteiger partial charge in [-0.2, -0.15) is 0 Å². The van der Waals surface area contributed by atoms with E-state index >= 15 is 0 Å². The summed E-state index contributed by atoms with van der Waals surface area (Å²) in [6, 6.07) is 3.49. The number of rotatable bonds is 4. The quantitative estimate of drug-likeness (QED) is 0.672. The molecule has 0 radical (unpaired) electrons. The molecule has 1 aromatic heterocycles. The zero-order valence-electron chi connectivity index (χ0n) is 6.01. The molecule has 4 heteroatoms. The third-order valence-corrected chi connectivity index (χ3v) is 1.42. The average molecular weight is 176 g/mol. The number of aliphatic hydroxyl groups is 1. The van der Waals surface area contributed by atoms with Gasteiger partial charge in [0.05, 0.1) is 13.2 Å². The largest absolute Gasteiger partial charge is 0.448 e. The zero-order chi connectivity index (χ0) is 8.10. The van der Waals surface area contributed by atoms with E-state index in [0.29, 0.717) is 18.3 Å². The van der Waals surface area contributed by atoms with Crippen molar-refractivity contribution in [2.45, 2.75) is 6.54 Å². The Morgan fingerprint density at radius 2 is 2.36 bits per heavy atom. The molecular weight excluding hydrogens is 166 g/mol. The van der Waals surface area contributed by atoms with Gasteiger partial charge >= 0.3 is 0 Å². The summed E-state index contributed by atoms with van der Waals surface area (Å²) in [5, 5.41) is 11.8. The van der Waals surface area contributed by atoms with Gasteiger partial charge in [-0.25, -0.2) is 0 Å². The molecule has 62 valence electrons. The number of hydrogen-bond donors (Lipinski definition) is 2. The van der Waals surface area contributed by atoms with Crippen molar-refractivity contribution in [2.75, 3.05) is 13.2 Å². The molecule has 0 aliphatic carbocycles. The van der Waals surface area contributed by atoms with E-state index in [1.54, 1.807) is 12.1 Å². The van der Waals surface area contributed by atoms with Crippen LogP contribution in [0.4, 0.5) is 0 Å². The minimum atomic E-state index is 0.133. The summed E-state index contributed by atoms with van der Waals surface area (Å²) < 4.78 is 5.05. The maximum Gasteiger partial charge on any atom is 0.193 e. The first-order valence-electron chi connectivity index (χ1n) is 3.38. The Labute approximate surface area is 70.0 Å². The topological polar surface area (TPSA) is 45.4 Å². The van der Waals surface area contributed by atoms with Crippen LogP contribution in [0.25, 0.3) is 0 Å². The second kappa shape index (κ2) is 4.38. The van der Waals surface area contributed by atoms with Crippen molar-refractivity contribution in [1.82, 2.24) is 5.32 Å². The standard InChI is InChI=1S/C7H10ClNO2/c8-7-2-1-6(11-7)5-9-3-4-10/h1-2,9-10H,3-5H2. The van der Waals surface area contributed by atoms with Gasteiger partial charge < -0.3 is 14.8 Å². The van der Waals surface area contributed by atoms with Crippen LogP contribution in [0.3, 0.4) is 0 Å². The number of furan rings is 1. The summed E-state index contributed by atoms with van der Waals surface area (Å²) in [5.41, 5.74) is 0. The third kappa shape index (κ3) is 2.93. The number of aliphatic hydroxyl groups excluding tert-OH is 1. The summed E-state index contributed by atoms with van der Waals surface area (Å²) in [7, 11) is 0. The van der Waals surface area contributed by atoms with E-state index in [0.717, 1.165) is 5.76 Å². The van der Waals surface area contributed by atoms with E-state index in [9.17, 15) is 0 Å². The van der Waals surface area contributed by atoms with Crippen LogP contribution in [0.2, 0.25) is 5.22 Å². The number of hydrogen-bond acceptors (Lipinski definition) is 3. The fraction of sp³-hybridized carbons (Fsp3) is 0.429. The Morgan fingerprint density at radius 1 is 1.55 bits per heavy atom. The Balaban J connectivity index is 2.27. The van der Waals surface area contributed by atoms with E-state index in [1.807, 2.05) is 0 Å². The summed E-state index contributed by atoms with van der Waals surface area (Å²) in [6.45, 7) is 1.31. The lowest BCUT2D eigenvalue weighted by molar-refractivity contribution is 0.289. The molecule has 0 atom stereocenters. The summed E-state index contributed by atoms with van der Waals surface area (Å²) >= 11 is 5.53. The van der Waals surface area contributed by atoms with Crippen LogP contribution >= 0.6 is 11.6 Å². The molecule has 0 aliphatic rings. The maximum atomic E-state index is 8.43. The number of halogens is 1. The Morgan fingerprint density at radius 3 is 2.91 bits per heavy atom. The van der Waals surface area contributed by atoms with Crippen molar-refractivity contribution in [2.24, 2.45) is 0 Å². The van der Waals surface area contributed by atoms with E-state index in [2.05, 4.69) is 5.32 Å². The molecule has 0 aromatic carbocycles. The van der Waals surface area contributed by atoms with E-state index in [4.69, 9.17) is 21.1 Å². The molecule has 0 aliphatic heterocycles. The maximum absolute atomic E-state index is 8.43. The highest BCUT2D eigenvalue weighted by atomic mass is 35.5. The minimum absolute atomic E-state index is 0.133. The molecule has 1 aromatic rings. The van der Waals surface area contributed by atoms with Crippen LogP contribution in [0.1, 0.15) is 5.76 Å². The lowest BCUT2D eigenvalue weighted by Crippen LogP contribution is -2.16. The number of nitrogens with one attached hydrogen (secondary N) is 1. The highest BCUT2D eigenvalue weighted by Crippen LogP contribution is 2.12. The van der Waals surface area contributed by atoms with E-state index in [-0.39, 0.29) is 6.61 Å². The van der Waals surface area contributed by atoms with E-state index < -0.39 is 0 Å². The van der Waals surface area contributed by atoms with Crippen molar-refractivity contribution >= 4 is 11.6 Å². The molecule has 11 heavy (non-hydrogen) atoms. The molecule has 0 fully saturated rings. The summed E-state index contributed by atoms with van der Waals surface area (Å²) in [6.07, 6.45) is 0. The van der Waals surface area contributed by atoms with Gasteiger partial charge in [-0.15, -0.1) is 0 Å². The SMILES string of the molecule is OCCNCc1ccc(Cl)o1. The fourth-order valence-electron chi connectivity index (χ4n) is 0.737. The Kier molecular flexibility index (Phi) is 3.42. The second-order valence-electron chi connectivity index (χ2n) is 2.11. The monoisotopic (exact) mass is 175 g/mol. The molecule has 0 saturated heterocycles. The van der Waals surface area contributed by atoms with Crippen LogP contribution in [-0.4, -0.2) is 18.3 Å². The van der Waals surface area contributed by atoms with Crippen molar-refractivity contribution in [3.05, 3.63) is 23.1 Å². The Bertz CT molecular complexity index is 212. The van der Waals surface area contributed by atoms with Gasteiger partial charge in [-0.3, -0.25) is 0 Å². The highest BCUT2D eigenvalue weighted by molar-refractivity contribution is 6.28. The summed E-state index contributed by atoms with van der Waals surface area (Å²) in [5.74, 6) is 0.781. The lowest BCUT2D eigenvalue weighted by Gasteiger charge is -1.97. The fourth-order valence-corrected chi connectivity index (χ4v) is 0.899.